The highest BCUT2D eigenvalue weighted by molar-refractivity contribution is 5.36. The summed E-state index contributed by atoms with van der Waals surface area (Å²) >= 11 is 0. The van der Waals surface area contributed by atoms with Crippen LogP contribution in [0.1, 0.15) is 45.4 Å². The van der Waals surface area contributed by atoms with E-state index in [2.05, 4.69) is 22.2 Å². The van der Waals surface area contributed by atoms with Gasteiger partial charge in [0, 0.05) is 12.6 Å². The second-order valence-corrected chi connectivity index (χ2v) is 4.98. The predicted octanol–water partition coefficient (Wildman–Crippen LogP) is 3.26. The first-order valence-electron chi connectivity index (χ1n) is 7.07. The van der Waals surface area contributed by atoms with Crippen molar-refractivity contribution in [2.75, 3.05) is 18.5 Å². The van der Waals surface area contributed by atoms with E-state index in [1.54, 1.807) is 6.33 Å². The average molecular weight is 249 g/mol. The summed E-state index contributed by atoms with van der Waals surface area (Å²) in [5.41, 5.74) is 0. The molecule has 0 aromatic carbocycles. The van der Waals surface area contributed by atoms with E-state index in [0.29, 0.717) is 11.8 Å². The van der Waals surface area contributed by atoms with Crippen LogP contribution in [-0.2, 0) is 0 Å². The third-order valence-electron chi connectivity index (χ3n) is 3.39. The summed E-state index contributed by atoms with van der Waals surface area (Å²) in [6.07, 6.45) is 9.33. The Labute approximate surface area is 109 Å². The van der Waals surface area contributed by atoms with Gasteiger partial charge in [0.15, 0.2) is 0 Å². The second-order valence-electron chi connectivity index (χ2n) is 4.98. The number of aromatic nitrogens is 2. The van der Waals surface area contributed by atoms with Gasteiger partial charge in [0.2, 0.25) is 5.88 Å². The van der Waals surface area contributed by atoms with Crippen LogP contribution in [0.25, 0.3) is 0 Å². The van der Waals surface area contributed by atoms with Gasteiger partial charge in [-0.3, -0.25) is 0 Å². The lowest BCUT2D eigenvalue weighted by Crippen LogP contribution is -2.15. The van der Waals surface area contributed by atoms with Crippen molar-refractivity contribution in [3.8, 4) is 5.88 Å². The highest BCUT2D eigenvalue weighted by Crippen LogP contribution is 2.24. The standard InChI is InChI=1S/C14H23N3O/c1-2-8-15-13-9-14(17-11-16-13)18-10-12-6-4-3-5-7-12/h9,11-12H,2-8,10H2,1H3,(H,15,16,17). The van der Waals surface area contributed by atoms with Crippen molar-refractivity contribution in [2.45, 2.75) is 45.4 Å². The molecular weight excluding hydrogens is 226 g/mol. The van der Waals surface area contributed by atoms with E-state index in [1.165, 1.54) is 32.1 Å². The van der Waals surface area contributed by atoms with Crippen molar-refractivity contribution in [2.24, 2.45) is 5.92 Å². The van der Waals surface area contributed by atoms with E-state index in [1.807, 2.05) is 6.07 Å². The molecule has 1 aliphatic carbocycles. The number of nitrogens with one attached hydrogen (secondary N) is 1. The fourth-order valence-electron chi connectivity index (χ4n) is 2.33. The van der Waals surface area contributed by atoms with Crippen LogP contribution < -0.4 is 10.1 Å². The van der Waals surface area contributed by atoms with Gasteiger partial charge in [-0.15, -0.1) is 0 Å². The Morgan fingerprint density at radius 1 is 1.28 bits per heavy atom. The first-order valence-corrected chi connectivity index (χ1v) is 7.07. The molecule has 18 heavy (non-hydrogen) atoms. The zero-order valence-electron chi connectivity index (χ0n) is 11.2. The summed E-state index contributed by atoms with van der Waals surface area (Å²) in [4.78, 5) is 8.33. The molecular formula is C14H23N3O. The van der Waals surface area contributed by atoms with Crippen molar-refractivity contribution in [1.82, 2.24) is 9.97 Å². The Morgan fingerprint density at radius 3 is 2.89 bits per heavy atom. The number of rotatable bonds is 6. The zero-order valence-corrected chi connectivity index (χ0v) is 11.2. The SMILES string of the molecule is CCCNc1cc(OCC2CCCCC2)ncn1. The molecule has 4 heteroatoms. The number of ether oxygens (including phenoxy) is 1. The summed E-state index contributed by atoms with van der Waals surface area (Å²) < 4.78 is 5.77. The Kier molecular flexibility index (Phi) is 5.24. The van der Waals surface area contributed by atoms with Crippen LogP contribution in [0, 0.1) is 5.92 Å². The van der Waals surface area contributed by atoms with Gasteiger partial charge in [0.05, 0.1) is 6.61 Å². The van der Waals surface area contributed by atoms with Crippen molar-refractivity contribution in [3.63, 3.8) is 0 Å². The minimum Gasteiger partial charge on any atom is -0.477 e. The topological polar surface area (TPSA) is 47.0 Å². The van der Waals surface area contributed by atoms with E-state index in [9.17, 15) is 0 Å². The molecule has 0 aliphatic heterocycles. The third-order valence-corrected chi connectivity index (χ3v) is 3.39. The molecule has 0 radical (unpaired) electrons. The largest absolute Gasteiger partial charge is 0.477 e. The lowest BCUT2D eigenvalue weighted by Gasteiger charge is -2.21. The van der Waals surface area contributed by atoms with Gasteiger partial charge < -0.3 is 10.1 Å². The van der Waals surface area contributed by atoms with Gasteiger partial charge in [0.25, 0.3) is 0 Å². The Morgan fingerprint density at radius 2 is 2.11 bits per heavy atom. The van der Waals surface area contributed by atoms with E-state index in [4.69, 9.17) is 4.74 Å². The van der Waals surface area contributed by atoms with Crippen LogP contribution in [0.4, 0.5) is 5.82 Å². The number of anilines is 1. The van der Waals surface area contributed by atoms with Crippen molar-refractivity contribution in [3.05, 3.63) is 12.4 Å². The van der Waals surface area contributed by atoms with Crippen LogP contribution in [0.15, 0.2) is 12.4 Å². The molecule has 1 heterocycles. The third kappa shape index (κ3) is 4.17. The molecule has 0 unspecified atom stereocenters. The van der Waals surface area contributed by atoms with Gasteiger partial charge in [-0.1, -0.05) is 26.2 Å². The van der Waals surface area contributed by atoms with Crippen LogP contribution in [0.3, 0.4) is 0 Å². The average Bonchev–Trinajstić information content (AvgIpc) is 2.44. The monoisotopic (exact) mass is 249 g/mol. The second kappa shape index (κ2) is 7.19. The summed E-state index contributed by atoms with van der Waals surface area (Å²) in [5.74, 6) is 2.25. The molecule has 0 spiro atoms. The minimum atomic E-state index is 0.689. The van der Waals surface area contributed by atoms with Gasteiger partial charge in [0.1, 0.15) is 12.1 Å². The fourth-order valence-corrected chi connectivity index (χ4v) is 2.33. The molecule has 1 aliphatic rings. The van der Waals surface area contributed by atoms with E-state index < -0.39 is 0 Å². The van der Waals surface area contributed by atoms with Gasteiger partial charge >= 0.3 is 0 Å². The van der Waals surface area contributed by atoms with Crippen molar-refractivity contribution in [1.29, 1.82) is 0 Å². The van der Waals surface area contributed by atoms with Gasteiger partial charge in [-0.2, -0.15) is 0 Å². The molecule has 0 atom stereocenters. The van der Waals surface area contributed by atoms with Crippen molar-refractivity contribution >= 4 is 5.82 Å². The van der Waals surface area contributed by atoms with Crippen molar-refractivity contribution < 1.29 is 4.74 Å². The smallest absolute Gasteiger partial charge is 0.218 e. The number of hydrogen-bond acceptors (Lipinski definition) is 4. The maximum absolute atomic E-state index is 5.77. The maximum atomic E-state index is 5.77. The molecule has 1 aromatic rings. The lowest BCUT2D eigenvalue weighted by molar-refractivity contribution is 0.202. The number of hydrogen-bond donors (Lipinski definition) is 1. The Bertz CT molecular complexity index is 351. The van der Waals surface area contributed by atoms with E-state index in [-0.39, 0.29) is 0 Å². The first-order chi connectivity index (χ1) is 8.88. The molecule has 1 aromatic heterocycles. The van der Waals surface area contributed by atoms with Gasteiger partial charge in [-0.25, -0.2) is 9.97 Å². The molecule has 0 bridgehead atoms. The molecule has 0 saturated heterocycles. The number of nitrogens with zero attached hydrogens (tertiary/aromatic N) is 2. The van der Waals surface area contributed by atoms with E-state index >= 15 is 0 Å². The quantitative estimate of drug-likeness (QED) is 0.840. The molecule has 2 rings (SSSR count). The fraction of sp³-hybridized carbons (Fsp3) is 0.714. The van der Waals surface area contributed by atoms with Crippen LogP contribution in [-0.4, -0.2) is 23.1 Å². The summed E-state index contributed by atoms with van der Waals surface area (Å²) in [5, 5.41) is 3.24. The van der Waals surface area contributed by atoms with Crippen LogP contribution in [0.5, 0.6) is 5.88 Å². The Balaban J connectivity index is 1.80. The molecule has 1 saturated carbocycles. The highest BCUT2D eigenvalue weighted by Gasteiger charge is 2.14. The normalized spacial score (nSPS) is 16.5. The first kappa shape index (κ1) is 13.1. The predicted molar refractivity (Wildman–Crippen MR) is 72.9 cm³/mol. The maximum Gasteiger partial charge on any atom is 0.218 e. The minimum absolute atomic E-state index is 0.689. The molecule has 1 N–H and O–H groups in total. The van der Waals surface area contributed by atoms with Crippen LogP contribution in [0.2, 0.25) is 0 Å². The highest BCUT2D eigenvalue weighted by atomic mass is 16.5. The summed E-state index contributed by atoms with van der Waals surface area (Å²) in [6.45, 7) is 3.86. The molecule has 4 nitrogen and oxygen atoms in total. The molecule has 0 amide bonds. The lowest BCUT2D eigenvalue weighted by atomic mass is 9.90. The van der Waals surface area contributed by atoms with Crippen LogP contribution >= 0.6 is 0 Å². The Hall–Kier alpha value is -1.32. The van der Waals surface area contributed by atoms with E-state index in [0.717, 1.165) is 25.4 Å². The summed E-state index contributed by atoms with van der Waals surface area (Å²) in [6, 6.07) is 1.89. The molecule has 1 fully saturated rings. The molecule has 100 valence electrons. The summed E-state index contributed by atoms with van der Waals surface area (Å²) in [7, 11) is 0. The zero-order chi connectivity index (χ0) is 12.6. The van der Waals surface area contributed by atoms with Gasteiger partial charge in [-0.05, 0) is 25.2 Å².